The van der Waals surface area contributed by atoms with Crippen LogP contribution in [-0.2, 0) is 6.54 Å². The predicted octanol–water partition coefficient (Wildman–Crippen LogP) is 3.54. The molecule has 156 valence electrons. The number of pyridine rings is 1. The summed E-state index contributed by atoms with van der Waals surface area (Å²) < 4.78 is 0. The van der Waals surface area contributed by atoms with Crippen molar-refractivity contribution in [3.05, 3.63) is 94.7 Å². The highest BCUT2D eigenvalue weighted by molar-refractivity contribution is 5.94. The molecule has 0 saturated carbocycles. The number of likely N-dealkylation sites (tertiary alicyclic amines) is 1. The van der Waals surface area contributed by atoms with Gasteiger partial charge in [0.1, 0.15) is 5.82 Å². The lowest BCUT2D eigenvalue weighted by molar-refractivity contribution is 0.0713. The summed E-state index contributed by atoms with van der Waals surface area (Å²) >= 11 is 0. The van der Waals surface area contributed by atoms with E-state index in [-0.39, 0.29) is 5.91 Å². The molecule has 2 aromatic carbocycles. The van der Waals surface area contributed by atoms with E-state index in [1.165, 1.54) is 5.56 Å². The van der Waals surface area contributed by atoms with Crippen molar-refractivity contribution in [1.82, 2.24) is 9.88 Å². The molecule has 5 heteroatoms. The molecule has 0 unspecified atom stereocenters. The Hall–Kier alpha value is -3.62. The van der Waals surface area contributed by atoms with E-state index in [1.807, 2.05) is 35.2 Å². The number of hydrogen-bond acceptors (Lipinski definition) is 4. The van der Waals surface area contributed by atoms with Gasteiger partial charge in [-0.1, -0.05) is 42.2 Å². The second-order valence-corrected chi connectivity index (χ2v) is 7.82. The van der Waals surface area contributed by atoms with E-state index in [0.717, 1.165) is 42.6 Å². The minimum absolute atomic E-state index is 0.0620. The van der Waals surface area contributed by atoms with Crippen LogP contribution in [-0.4, -0.2) is 28.9 Å². The number of nitrogens with two attached hydrogens (primary N) is 2. The Balaban J connectivity index is 1.41. The van der Waals surface area contributed by atoms with Crippen LogP contribution >= 0.6 is 0 Å². The summed E-state index contributed by atoms with van der Waals surface area (Å²) in [5.41, 5.74) is 16.1. The second kappa shape index (κ2) is 9.46. The molecule has 31 heavy (non-hydrogen) atoms. The maximum Gasteiger partial charge on any atom is 0.253 e. The highest BCUT2D eigenvalue weighted by Gasteiger charge is 2.24. The average molecular weight is 411 g/mol. The molecule has 1 fully saturated rings. The summed E-state index contributed by atoms with van der Waals surface area (Å²) in [4.78, 5) is 19.0. The minimum atomic E-state index is 0.0620. The van der Waals surface area contributed by atoms with E-state index >= 15 is 0 Å². The van der Waals surface area contributed by atoms with Crippen molar-refractivity contribution in [2.45, 2.75) is 25.3 Å². The summed E-state index contributed by atoms with van der Waals surface area (Å²) in [6, 6.07) is 19.5. The summed E-state index contributed by atoms with van der Waals surface area (Å²) in [5.74, 6) is 7.17. The number of hydrogen-bond donors (Lipinski definition) is 2. The number of aromatic nitrogens is 1. The summed E-state index contributed by atoms with van der Waals surface area (Å²) in [7, 11) is 0. The van der Waals surface area contributed by atoms with Crippen LogP contribution in [0.15, 0.2) is 66.9 Å². The van der Waals surface area contributed by atoms with Crippen molar-refractivity contribution >= 4 is 11.7 Å². The Kier molecular flexibility index (Phi) is 6.30. The number of amides is 1. The molecule has 1 aromatic heterocycles. The van der Waals surface area contributed by atoms with Crippen LogP contribution in [0, 0.1) is 11.8 Å². The second-order valence-electron chi connectivity index (χ2n) is 7.82. The van der Waals surface area contributed by atoms with Crippen LogP contribution in [0.1, 0.15) is 51.4 Å². The van der Waals surface area contributed by atoms with Gasteiger partial charge in [0.15, 0.2) is 0 Å². The fourth-order valence-electron chi connectivity index (χ4n) is 3.93. The normalized spacial score (nSPS) is 14.0. The highest BCUT2D eigenvalue weighted by Crippen LogP contribution is 2.29. The Morgan fingerprint density at radius 3 is 2.52 bits per heavy atom. The van der Waals surface area contributed by atoms with E-state index in [9.17, 15) is 4.79 Å². The fourth-order valence-corrected chi connectivity index (χ4v) is 3.93. The zero-order chi connectivity index (χ0) is 21.6. The molecule has 4 rings (SSSR count). The van der Waals surface area contributed by atoms with Gasteiger partial charge in [-0.25, -0.2) is 4.98 Å². The molecular formula is C26H26N4O. The minimum Gasteiger partial charge on any atom is -0.384 e. The van der Waals surface area contributed by atoms with Crippen LogP contribution < -0.4 is 11.5 Å². The maximum atomic E-state index is 13.0. The van der Waals surface area contributed by atoms with Gasteiger partial charge in [0.25, 0.3) is 5.91 Å². The van der Waals surface area contributed by atoms with Crippen molar-refractivity contribution in [2.24, 2.45) is 5.73 Å². The Morgan fingerprint density at radius 2 is 1.77 bits per heavy atom. The van der Waals surface area contributed by atoms with Crippen LogP contribution in [0.25, 0.3) is 0 Å². The van der Waals surface area contributed by atoms with Gasteiger partial charge in [0, 0.05) is 42.5 Å². The molecule has 0 radical (unpaired) electrons. The quantitative estimate of drug-likeness (QED) is 0.647. The summed E-state index contributed by atoms with van der Waals surface area (Å²) in [5, 5.41) is 0. The number of nitrogen functional groups attached to an aromatic ring is 1. The first-order chi connectivity index (χ1) is 15.1. The predicted molar refractivity (Wildman–Crippen MR) is 123 cm³/mol. The molecule has 1 amide bonds. The third-order valence-electron chi connectivity index (χ3n) is 5.69. The SMILES string of the molecule is NCc1cccc(C2CCN(C(=O)c3cccc(C#Cc4ccc(N)nc4)c3)CC2)c1. The van der Waals surface area contributed by atoms with Gasteiger partial charge in [-0.15, -0.1) is 0 Å². The number of carbonyl (C=O) groups is 1. The van der Waals surface area contributed by atoms with Crippen LogP contribution in [0.4, 0.5) is 5.82 Å². The molecule has 0 bridgehead atoms. The first-order valence-electron chi connectivity index (χ1n) is 10.5. The third kappa shape index (κ3) is 5.11. The van der Waals surface area contributed by atoms with E-state index < -0.39 is 0 Å². The van der Waals surface area contributed by atoms with Gasteiger partial charge >= 0.3 is 0 Å². The van der Waals surface area contributed by atoms with Crippen molar-refractivity contribution in [1.29, 1.82) is 0 Å². The largest absolute Gasteiger partial charge is 0.384 e. The smallest absolute Gasteiger partial charge is 0.253 e. The Labute approximate surface area is 183 Å². The lowest BCUT2D eigenvalue weighted by Gasteiger charge is -2.32. The molecule has 3 aromatic rings. The van der Waals surface area contributed by atoms with Crippen molar-refractivity contribution in [3.63, 3.8) is 0 Å². The van der Waals surface area contributed by atoms with Gasteiger partial charge in [-0.3, -0.25) is 4.79 Å². The van der Waals surface area contributed by atoms with Crippen LogP contribution in [0.2, 0.25) is 0 Å². The van der Waals surface area contributed by atoms with E-state index in [1.54, 1.807) is 12.3 Å². The van der Waals surface area contributed by atoms with E-state index in [2.05, 4.69) is 41.1 Å². The lowest BCUT2D eigenvalue weighted by Crippen LogP contribution is -2.37. The number of benzene rings is 2. The molecule has 0 spiro atoms. The topological polar surface area (TPSA) is 85.2 Å². The van der Waals surface area contributed by atoms with Crippen molar-refractivity contribution < 1.29 is 4.79 Å². The van der Waals surface area contributed by atoms with Crippen LogP contribution in [0.3, 0.4) is 0 Å². The molecule has 0 atom stereocenters. The highest BCUT2D eigenvalue weighted by atomic mass is 16.2. The molecule has 1 aliphatic heterocycles. The molecule has 0 aliphatic carbocycles. The van der Waals surface area contributed by atoms with E-state index in [0.29, 0.717) is 23.8 Å². The molecule has 5 nitrogen and oxygen atoms in total. The summed E-state index contributed by atoms with van der Waals surface area (Å²) in [6.45, 7) is 2.06. The van der Waals surface area contributed by atoms with Gasteiger partial charge in [0.2, 0.25) is 0 Å². The maximum absolute atomic E-state index is 13.0. The number of piperidine rings is 1. The Bertz CT molecular complexity index is 1120. The van der Waals surface area contributed by atoms with Gasteiger partial charge in [-0.05, 0) is 60.2 Å². The van der Waals surface area contributed by atoms with E-state index in [4.69, 9.17) is 11.5 Å². The number of carbonyl (C=O) groups excluding carboxylic acids is 1. The molecular weight excluding hydrogens is 384 g/mol. The first kappa shape index (κ1) is 20.6. The zero-order valence-electron chi connectivity index (χ0n) is 17.4. The molecule has 1 aliphatic rings. The third-order valence-corrected chi connectivity index (χ3v) is 5.69. The average Bonchev–Trinajstić information content (AvgIpc) is 2.83. The number of anilines is 1. The fraction of sp³-hybridized carbons (Fsp3) is 0.231. The molecule has 2 heterocycles. The lowest BCUT2D eigenvalue weighted by atomic mass is 9.88. The standard InChI is InChI=1S/C26H26N4O/c27-17-21-4-2-5-23(16-21)22-11-13-30(14-12-22)26(31)24-6-1-3-19(15-24)7-8-20-9-10-25(28)29-18-20/h1-6,9-10,15-16,18,22H,11-14,17,27H2,(H2,28,29). The number of rotatable bonds is 3. The molecule has 4 N–H and O–H groups in total. The molecule has 1 saturated heterocycles. The van der Waals surface area contributed by atoms with Gasteiger partial charge < -0.3 is 16.4 Å². The van der Waals surface area contributed by atoms with Gasteiger partial charge in [0.05, 0.1) is 0 Å². The monoisotopic (exact) mass is 410 g/mol. The van der Waals surface area contributed by atoms with Crippen molar-refractivity contribution in [2.75, 3.05) is 18.8 Å². The first-order valence-corrected chi connectivity index (χ1v) is 10.5. The Morgan fingerprint density at radius 1 is 1.00 bits per heavy atom. The number of nitrogens with zero attached hydrogens (tertiary/aromatic N) is 2. The van der Waals surface area contributed by atoms with Crippen LogP contribution in [0.5, 0.6) is 0 Å². The van der Waals surface area contributed by atoms with Crippen molar-refractivity contribution in [3.8, 4) is 11.8 Å². The van der Waals surface area contributed by atoms with Gasteiger partial charge in [-0.2, -0.15) is 0 Å². The summed E-state index contributed by atoms with van der Waals surface area (Å²) in [6.07, 6.45) is 3.57. The zero-order valence-corrected chi connectivity index (χ0v) is 17.4.